The number of hydrogen-bond donors (Lipinski definition) is 1. The Morgan fingerprint density at radius 3 is 2.91 bits per heavy atom. The van der Waals surface area contributed by atoms with Crippen molar-refractivity contribution >= 4 is 11.5 Å². The molecule has 1 heterocycles. The number of aryl methyl sites for hydroxylation is 1. The largest absolute Gasteiger partial charge is 0.363 e. The summed E-state index contributed by atoms with van der Waals surface area (Å²) in [5, 5.41) is 23.1. The van der Waals surface area contributed by atoms with Crippen molar-refractivity contribution in [2.45, 2.75) is 25.3 Å². The highest BCUT2D eigenvalue weighted by Crippen LogP contribution is 2.32. The lowest BCUT2D eigenvalue weighted by molar-refractivity contribution is -0.385. The molecule has 0 spiro atoms. The maximum Gasteiger partial charge on any atom is 0.305 e. The van der Waals surface area contributed by atoms with Gasteiger partial charge in [-0.3, -0.25) is 10.1 Å². The zero-order chi connectivity index (χ0) is 15.5. The molecule has 0 aliphatic heterocycles. The second kappa shape index (κ2) is 5.82. The Bertz CT molecular complexity index is 767. The Labute approximate surface area is 127 Å². The number of aromatic nitrogens is 1. The lowest BCUT2D eigenvalue weighted by Gasteiger charge is -2.26. The van der Waals surface area contributed by atoms with Gasteiger partial charge >= 0.3 is 5.69 Å². The van der Waals surface area contributed by atoms with Crippen molar-refractivity contribution in [2.24, 2.45) is 0 Å². The van der Waals surface area contributed by atoms with Gasteiger partial charge in [-0.1, -0.05) is 24.3 Å². The van der Waals surface area contributed by atoms with E-state index in [1.165, 1.54) is 17.2 Å². The van der Waals surface area contributed by atoms with Crippen LogP contribution in [0.2, 0.25) is 0 Å². The molecular formula is C16H14N4O2. The molecule has 0 fully saturated rings. The van der Waals surface area contributed by atoms with Crippen molar-refractivity contribution in [3.63, 3.8) is 0 Å². The average molecular weight is 294 g/mol. The topological polar surface area (TPSA) is 91.8 Å². The molecule has 0 saturated heterocycles. The van der Waals surface area contributed by atoms with Crippen molar-refractivity contribution in [1.29, 1.82) is 5.26 Å². The average Bonchev–Trinajstić information content (AvgIpc) is 2.55. The molecule has 22 heavy (non-hydrogen) atoms. The molecule has 0 radical (unpaired) electrons. The number of nitro groups is 1. The van der Waals surface area contributed by atoms with Crippen LogP contribution < -0.4 is 5.32 Å². The summed E-state index contributed by atoms with van der Waals surface area (Å²) in [6.45, 7) is 0. The number of hydrogen-bond acceptors (Lipinski definition) is 5. The summed E-state index contributed by atoms with van der Waals surface area (Å²) in [5.41, 5.74) is 2.11. The minimum absolute atomic E-state index is 0.116. The summed E-state index contributed by atoms with van der Waals surface area (Å²) in [6.07, 6.45) is 3.11. The van der Waals surface area contributed by atoms with Crippen LogP contribution in [0.25, 0.3) is 0 Å². The van der Waals surface area contributed by atoms with Gasteiger partial charge in [0, 0.05) is 6.07 Å². The Kier molecular flexibility index (Phi) is 3.71. The Morgan fingerprint density at radius 1 is 1.32 bits per heavy atom. The van der Waals surface area contributed by atoms with E-state index in [2.05, 4.69) is 22.4 Å². The van der Waals surface area contributed by atoms with Crippen molar-refractivity contribution in [1.82, 2.24) is 4.98 Å². The van der Waals surface area contributed by atoms with E-state index in [0.29, 0.717) is 5.82 Å². The van der Waals surface area contributed by atoms with Gasteiger partial charge in [0.25, 0.3) is 0 Å². The molecule has 6 nitrogen and oxygen atoms in total. The number of pyridine rings is 1. The fourth-order valence-electron chi connectivity index (χ4n) is 2.84. The molecule has 0 saturated carbocycles. The number of benzene rings is 1. The molecule has 1 unspecified atom stereocenters. The van der Waals surface area contributed by atoms with Crippen molar-refractivity contribution in [2.75, 3.05) is 5.32 Å². The first-order valence-electron chi connectivity index (χ1n) is 7.09. The molecule has 1 aliphatic rings. The molecule has 1 atom stereocenters. The SMILES string of the molecule is N#Cc1nc(NC2CCCc3ccccc32)ccc1[N+](=O)[O-]. The summed E-state index contributed by atoms with van der Waals surface area (Å²) in [5.74, 6) is 0.490. The molecule has 2 aromatic rings. The fourth-order valence-corrected chi connectivity index (χ4v) is 2.84. The van der Waals surface area contributed by atoms with Gasteiger partial charge in [0.1, 0.15) is 11.9 Å². The Hall–Kier alpha value is -2.94. The number of anilines is 1. The molecule has 1 aliphatic carbocycles. The first-order chi connectivity index (χ1) is 10.7. The molecule has 0 amide bonds. The quantitative estimate of drug-likeness (QED) is 0.692. The van der Waals surface area contributed by atoms with Crippen LogP contribution >= 0.6 is 0 Å². The third-order valence-corrected chi connectivity index (χ3v) is 3.87. The zero-order valence-electron chi connectivity index (χ0n) is 11.8. The predicted octanol–water partition coefficient (Wildman–Crippen LogP) is 3.35. The van der Waals surface area contributed by atoms with Crippen molar-refractivity contribution in [3.8, 4) is 6.07 Å². The summed E-state index contributed by atoms with van der Waals surface area (Å²) in [7, 11) is 0. The molecule has 1 aromatic heterocycles. The van der Waals surface area contributed by atoms with E-state index in [4.69, 9.17) is 5.26 Å². The third-order valence-electron chi connectivity index (χ3n) is 3.87. The summed E-state index contributed by atoms with van der Waals surface area (Å²) in [6, 6.07) is 13.0. The smallest absolute Gasteiger partial charge is 0.305 e. The first-order valence-corrected chi connectivity index (χ1v) is 7.09. The van der Waals surface area contributed by atoms with Crippen LogP contribution in [0, 0.1) is 21.4 Å². The van der Waals surface area contributed by atoms with Crippen LogP contribution in [-0.2, 0) is 6.42 Å². The summed E-state index contributed by atoms with van der Waals surface area (Å²) < 4.78 is 0. The summed E-state index contributed by atoms with van der Waals surface area (Å²) >= 11 is 0. The number of nitrogens with zero attached hydrogens (tertiary/aromatic N) is 3. The number of rotatable bonds is 3. The number of nitriles is 1. The summed E-state index contributed by atoms with van der Waals surface area (Å²) in [4.78, 5) is 14.3. The zero-order valence-corrected chi connectivity index (χ0v) is 11.8. The maximum absolute atomic E-state index is 10.8. The Balaban J connectivity index is 1.89. The van der Waals surface area contributed by atoms with Crippen LogP contribution in [0.4, 0.5) is 11.5 Å². The molecular weight excluding hydrogens is 280 g/mol. The van der Waals surface area contributed by atoms with Crippen LogP contribution in [0.5, 0.6) is 0 Å². The van der Waals surface area contributed by atoms with Crippen LogP contribution in [0.1, 0.15) is 35.7 Å². The molecule has 0 bridgehead atoms. The predicted molar refractivity (Wildman–Crippen MR) is 81.4 cm³/mol. The highest BCUT2D eigenvalue weighted by Gasteiger charge is 2.21. The van der Waals surface area contributed by atoms with Gasteiger partial charge in [0.15, 0.2) is 0 Å². The van der Waals surface area contributed by atoms with Crippen LogP contribution in [0.15, 0.2) is 36.4 Å². The van der Waals surface area contributed by atoms with Crippen LogP contribution in [0.3, 0.4) is 0 Å². The van der Waals surface area contributed by atoms with E-state index in [0.717, 1.165) is 19.3 Å². The minimum atomic E-state index is -0.592. The lowest BCUT2D eigenvalue weighted by Crippen LogP contribution is -2.18. The normalized spacial score (nSPS) is 16.4. The molecule has 1 N–H and O–H groups in total. The van der Waals surface area contributed by atoms with Crippen molar-refractivity contribution < 1.29 is 4.92 Å². The van der Waals surface area contributed by atoms with Gasteiger partial charge in [-0.05, 0) is 36.5 Å². The Morgan fingerprint density at radius 2 is 2.14 bits per heavy atom. The molecule has 6 heteroatoms. The first kappa shape index (κ1) is 14.0. The molecule has 1 aromatic carbocycles. The molecule has 3 rings (SSSR count). The maximum atomic E-state index is 10.8. The van der Waals surface area contributed by atoms with Crippen LogP contribution in [-0.4, -0.2) is 9.91 Å². The third kappa shape index (κ3) is 2.61. The number of fused-ring (bicyclic) bond motifs is 1. The monoisotopic (exact) mass is 294 g/mol. The van der Waals surface area contributed by atoms with E-state index < -0.39 is 4.92 Å². The fraction of sp³-hybridized carbons (Fsp3) is 0.250. The minimum Gasteiger partial charge on any atom is -0.363 e. The second-order valence-electron chi connectivity index (χ2n) is 5.22. The van der Waals surface area contributed by atoms with E-state index in [9.17, 15) is 10.1 Å². The van der Waals surface area contributed by atoms with Gasteiger partial charge in [0.2, 0.25) is 5.69 Å². The lowest BCUT2D eigenvalue weighted by atomic mass is 9.88. The number of nitrogens with one attached hydrogen (secondary N) is 1. The highest BCUT2D eigenvalue weighted by atomic mass is 16.6. The van der Waals surface area contributed by atoms with Gasteiger partial charge < -0.3 is 5.32 Å². The second-order valence-corrected chi connectivity index (χ2v) is 5.22. The van der Waals surface area contributed by atoms with Gasteiger partial charge in [0.05, 0.1) is 11.0 Å². The van der Waals surface area contributed by atoms with Gasteiger partial charge in [-0.15, -0.1) is 0 Å². The molecule has 110 valence electrons. The standard InChI is InChI=1S/C16H14N4O2/c17-10-14-15(20(21)22)8-9-16(19-14)18-13-7-3-5-11-4-1-2-6-12(11)13/h1-2,4,6,8-9,13H,3,5,7H2,(H,18,19). The van der Waals surface area contributed by atoms with E-state index in [-0.39, 0.29) is 17.4 Å². The van der Waals surface area contributed by atoms with Crippen molar-refractivity contribution in [3.05, 3.63) is 63.3 Å². The van der Waals surface area contributed by atoms with Gasteiger partial charge in [-0.2, -0.15) is 5.26 Å². The van der Waals surface area contributed by atoms with E-state index in [1.54, 1.807) is 12.1 Å². The highest BCUT2D eigenvalue weighted by molar-refractivity contribution is 5.51. The van der Waals surface area contributed by atoms with E-state index in [1.807, 2.05) is 12.1 Å². The van der Waals surface area contributed by atoms with Gasteiger partial charge in [-0.25, -0.2) is 4.98 Å². The van der Waals surface area contributed by atoms with E-state index >= 15 is 0 Å².